The molecule has 1 aliphatic rings. The van der Waals surface area contributed by atoms with Crippen LogP contribution in [0.25, 0.3) is 0 Å². The highest BCUT2D eigenvalue weighted by Crippen LogP contribution is 2.31. The molecule has 5 heteroatoms. The third kappa shape index (κ3) is 3.40. The number of nitrogens with zero attached hydrogens (tertiary/aromatic N) is 1. The Hall–Kier alpha value is -1.07. The molecule has 1 atom stereocenters. The minimum atomic E-state index is 0.351. The molecule has 2 heterocycles. The predicted octanol–water partition coefficient (Wildman–Crippen LogP) is 3.56. The van der Waals surface area contributed by atoms with Crippen molar-refractivity contribution in [3.8, 4) is 5.75 Å². The van der Waals surface area contributed by atoms with Crippen molar-refractivity contribution in [3.63, 3.8) is 0 Å². The number of hydrogen-bond acceptors (Lipinski definition) is 4. The molecule has 1 unspecified atom stereocenters. The molecule has 0 saturated carbocycles. The molecule has 1 N–H and O–H groups in total. The third-order valence-corrected chi connectivity index (χ3v) is 4.98. The Labute approximate surface area is 134 Å². The molecular formula is C16H19ClN2OS. The average Bonchev–Trinajstić information content (AvgIpc) is 2.95. The van der Waals surface area contributed by atoms with Crippen molar-refractivity contribution in [2.75, 3.05) is 26.7 Å². The van der Waals surface area contributed by atoms with Gasteiger partial charge >= 0.3 is 0 Å². The molecule has 1 aromatic carbocycles. The lowest BCUT2D eigenvalue weighted by molar-refractivity contribution is 0.154. The first-order chi connectivity index (χ1) is 10.3. The van der Waals surface area contributed by atoms with Crippen molar-refractivity contribution in [2.24, 2.45) is 0 Å². The number of hydrogen-bond donors (Lipinski definition) is 1. The van der Waals surface area contributed by atoms with Crippen LogP contribution in [0.2, 0.25) is 5.02 Å². The maximum absolute atomic E-state index is 6.15. The standard InChI is InChI=1S/C16H19ClN2OS/c1-20-15-5-8-21-16(15)11-19-7-6-18-10-14(19)12-3-2-4-13(17)9-12/h2-5,8-9,14,18H,6-7,10-11H2,1H3. The normalized spacial score (nSPS) is 19.6. The zero-order chi connectivity index (χ0) is 14.7. The number of piperazine rings is 1. The van der Waals surface area contributed by atoms with Crippen LogP contribution in [0.1, 0.15) is 16.5 Å². The van der Waals surface area contributed by atoms with Gasteiger partial charge < -0.3 is 10.1 Å². The molecule has 21 heavy (non-hydrogen) atoms. The molecule has 0 aliphatic carbocycles. The third-order valence-electron chi connectivity index (χ3n) is 3.86. The Morgan fingerprint density at radius 1 is 1.43 bits per heavy atom. The average molecular weight is 323 g/mol. The molecule has 1 saturated heterocycles. The van der Waals surface area contributed by atoms with E-state index in [1.807, 2.05) is 18.2 Å². The van der Waals surface area contributed by atoms with E-state index >= 15 is 0 Å². The highest BCUT2D eigenvalue weighted by atomic mass is 35.5. The first-order valence-corrected chi connectivity index (χ1v) is 8.34. The van der Waals surface area contributed by atoms with Crippen molar-refractivity contribution >= 4 is 22.9 Å². The lowest BCUT2D eigenvalue weighted by atomic mass is 10.0. The van der Waals surface area contributed by atoms with Gasteiger partial charge in [-0.1, -0.05) is 23.7 Å². The number of nitrogens with one attached hydrogen (secondary N) is 1. The van der Waals surface area contributed by atoms with Gasteiger partial charge in [0, 0.05) is 37.2 Å². The Bertz CT molecular complexity index is 601. The smallest absolute Gasteiger partial charge is 0.134 e. The lowest BCUT2D eigenvalue weighted by Crippen LogP contribution is -2.45. The maximum atomic E-state index is 6.15. The number of benzene rings is 1. The topological polar surface area (TPSA) is 24.5 Å². The largest absolute Gasteiger partial charge is 0.496 e. The van der Waals surface area contributed by atoms with Gasteiger partial charge in [-0.2, -0.15) is 0 Å². The van der Waals surface area contributed by atoms with Crippen LogP contribution >= 0.6 is 22.9 Å². The zero-order valence-corrected chi connectivity index (χ0v) is 13.6. The summed E-state index contributed by atoms with van der Waals surface area (Å²) in [6.07, 6.45) is 0. The fourth-order valence-corrected chi connectivity index (χ4v) is 3.85. The fourth-order valence-electron chi connectivity index (χ4n) is 2.79. The molecule has 0 spiro atoms. The van der Waals surface area contributed by atoms with E-state index in [9.17, 15) is 0 Å². The molecule has 0 bridgehead atoms. The summed E-state index contributed by atoms with van der Waals surface area (Å²) in [6, 6.07) is 10.6. The van der Waals surface area contributed by atoms with E-state index in [0.717, 1.165) is 37.0 Å². The molecule has 1 aromatic heterocycles. The quantitative estimate of drug-likeness (QED) is 0.931. The van der Waals surface area contributed by atoms with Gasteiger partial charge in [-0.15, -0.1) is 11.3 Å². The SMILES string of the molecule is COc1ccsc1CN1CCNCC1c1cccc(Cl)c1. The summed E-state index contributed by atoms with van der Waals surface area (Å²) in [6.45, 7) is 3.91. The molecule has 3 rings (SSSR count). The summed E-state index contributed by atoms with van der Waals surface area (Å²) in [5, 5.41) is 6.36. The lowest BCUT2D eigenvalue weighted by Gasteiger charge is -2.36. The molecule has 1 aliphatic heterocycles. The van der Waals surface area contributed by atoms with Crippen LogP contribution in [0.3, 0.4) is 0 Å². The first-order valence-electron chi connectivity index (χ1n) is 7.08. The Kier molecular flexibility index (Phi) is 4.80. The van der Waals surface area contributed by atoms with Crippen LogP contribution in [0.4, 0.5) is 0 Å². The summed E-state index contributed by atoms with van der Waals surface area (Å²) in [7, 11) is 1.73. The Balaban J connectivity index is 1.81. The molecule has 2 aromatic rings. The molecule has 1 fully saturated rings. The van der Waals surface area contributed by atoms with Crippen molar-refractivity contribution in [1.29, 1.82) is 0 Å². The van der Waals surface area contributed by atoms with Crippen LogP contribution in [-0.2, 0) is 6.54 Å². The van der Waals surface area contributed by atoms with E-state index in [-0.39, 0.29) is 0 Å². The van der Waals surface area contributed by atoms with Crippen molar-refractivity contribution in [3.05, 3.63) is 51.2 Å². The molecule has 112 valence electrons. The van der Waals surface area contributed by atoms with Gasteiger partial charge in [-0.25, -0.2) is 0 Å². The number of ether oxygens (including phenoxy) is 1. The first kappa shape index (κ1) is 14.9. The van der Waals surface area contributed by atoms with E-state index in [1.54, 1.807) is 18.4 Å². The van der Waals surface area contributed by atoms with Crippen LogP contribution in [-0.4, -0.2) is 31.6 Å². The Morgan fingerprint density at radius 2 is 2.33 bits per heavy atom. The number of thiophene rings is 1. The summed E-state index contributed by atoms with van der Waals surface area (Å²) < 4.78 is 5.43. The van der Waals surface area contributed by atoms with E-state index < -0.39 is 0 Å². The van der Waals surface area contributed by atoms with Crippen LogP contribution < -0.4 is 10.1 Å². The molecule has 0 radical (unpaired) electrons. The predicted molar refractivity (Wildman–Crippen MR) is 88.3 cm³/mol. The van der Waals surface area contributed by atoms with Crippen LogP contribution in [0.5, 0.6) is 5.75 Å². The van der Waals surface area contributed by atoms with Gasteiger partial charge in [-0.3, -0.25) is 4.90 Å². The second-order valence-corrected chi connectivity index (χ2v) is 6.59. The second-order valence-electron chi connectivity index (χ2n) is 5.16. The monoisotopic (exact) mass is 322 g/mol. The summed E-state index contributed by atoms with van der Waals surface area (Å²) in [5.41, 5.74) is 1.27. The van der Waals surface area contributed by atoms with Crippen molar-refractivity contribution < 1.29 is 4.74 Å². The second kappa shape index (κ2) is 6.79. The van der Waals surface area contributed by atoms with Gasteiger partial charge in [0.2, 0.25) is 0 Å². The molecule has 0 amide bonds. The van der Waals surface area contributed by atoms with Crippen molar-refractivity contribution in [2.45, 2.75) is 12.6 Å². The summed E-state index contributed by atoms with van der Waals surface area (Å²) in [4.78, 5) is 3.78. The number of halogens is 1. The van der Waals surface area contributed by atoms with Gasteiger partial charge in [-0.05, 0) is 29.1 Å². The Morgan fingerprint density at radius 3 is 3.14 bits per heavy atom. The number of methoxy groups -OCH3 is 1. The van der Waals surface area contributed by atoms with E-state index in [4.69, 9.17) is 16.3 Å². The molecular weight excluding hydrogens is 304 g/mol. The number of rotatable bonds is 4. The van der Waals surface area contributed by atoms with Crippen LogP contribution in [0, 0.1) is 0 Å². The molecule has 3 nitrogen and oxygen atoms in total. The fraction of sp³-hybridized carbons (Fsp3) is 0.375. The van der Waals surface area contributed by atoms with E-state index in [2.05, 4.69) is 27.7 Å². The minimum absolute atomic E-state index is 0.351. The van der Waals surface area contributed by atoms with Gasteiger partial charge in [0.15, 0.2) is 0 Å². The summed E-state index contributed by atoms with van der Waals surface area (Å²) >= 11 is 7.90. The van der Waals surface area contributed by atoms with E-state index in [0.29, 0.717) is 6.04 Å². The minimum Gasteiger partial charge on any atom is -0.496 e. The highest BCUT2D eigenvalue weighted by molar-refractivity contribution is 7.10. The maximum Gasteiger partial charge on any atom is 0.134 e. The van der Waals surface area contributed by atoms with Crippen molar-refractivity contribution in [1.82, 2.24) is 10.2 Å². The van der Waals surface area contributed by atoms with Crippen LogP contribution in [0.15, 0.2) is 35.7 Å². The van der Waals surface area contributed by atoms with Gasteiger partial charge in [0.05, 0.1) is 12.0 Å². The highest BCUT2D eigenvalue weighted by Gasteiger charge is 2.25. The van der Waals surface area contributed by atoms with Gasteiger partial charge in [0.1, 0.15) is 5.75 Å². The zero-order valence-electron chi connectivity index (χ0n) is 12.0. The van der Waals surface area contributed by atoms with E-state index in [1.165, 1.54) is 10.4 Å². The summed E-state index contributed by atoms with van der Waals surface area (Å²) in [5.74, 6) is 0.989. The van der Waals surface area contributed by atoms with Gasteiger partial charge in [0.25, 0.3) is 0 Å².